The van der Waals surface area contributed by atoms with E-state index in [1.807, 2.05) is 6.07 Å². The molecule has 3 heterocycles. The van der Waals surface area contributed by atoms with Gasteiger partial charge in [-0.2, -0.15) is 0 Å². The van der Waals surface area contributed by atoms with Gasteiger partial charge in [0, 0.05) is 36.0 Å². The predicted octanol–water partition coefficient (Wildman–Crippen LogP) is 4.14. The first-order chi connectivity index (χ1) is 16.8. The smallest absolute Gasteiger partial charge is 0.174 e. The van der Waals surface area contributed by atoms with E-state index >= 15 is 0 Å². The molecule has 8 unspecified atom stereocenters. The summed E-state index contributed by atoms with van der Waals surface area (Å²) in [6.45, 7) is 7.38. The summed E-state index contributed by atoms with van der Waals surface area (Å²) in [5, 5.41) is 13.1. The predicted molar refractivity (Wildman–Crippen MR) is 126 cm³/mol. The maximum atomic E-state index is 13.1. The third kappa shape index (κ3) is 2.48. The van der Waals surface area contributed by atoms with Crippen LogP contribution in [0.15, 0.2) is 30.3 Å². The third-order valence-corrected chi connectivity index (χ3v) is 11.9. The molecule has 0 bridgehead atoms. The quantitative estimate of drug-likeness (QED) is 0.607. The lowest BCUT2D eigenvalue weighted by Crippen LogP contribution is -2.68. The Bertz CT molecular complexity index is 1030. The second kappa shape index (κ2) is 6.69. The van der Waals surface area contributed by atoms with Crippen molar-refractivity contribution in [3.8, 4) is 0 Å². The minimum absolute atomic E-state index is 0.101. The molecular weight excluding hydrogens is 444 g/mol. The molecule has 1 aromatic rings. The van der Waals surface area contributed by atoms with Crippen molar-refractivity contribution in [1.29, 1.82) is 0 Å². The number of aliphatic hydroxyl groups is 1. The van der Waals surface area contributed by atoms with Crippen molar-refractivity contribution in [1.82, 2.24) is 0 Å². The summed E-state index contributed by atoms with van der Waals surface area (Å²) in [5.74, 6) is -0.171. The molecular formula is C29H38O6. The number of benzene rings is 1. The van der Waals surface area contributed by atoms with Crippen molar-refractivity contribution in [3.63, 3.8) is 0 Å². The minimum atomic E-state index is -0.982. The first-order valence-corrected chi connectivity index (χ1v) is 13.8. The van der Waals surface area contributed by atoms with Crippen LogP contribution in [0.2, 0.25) is 0 Å². The fourth-order valence-corrected chi connectivity index (χ4v) is 10.6. The Kier molecular flexibility index (Phi) is 4.21. The number of hydrogen-bond donors (Lipinski definition) is 1. The van der Waals surface area contributed by atoms with Gasteiger partial charge in [0.2, 0.25) is 0 Å². The Morgan fingerprint density at radius 1 is 0.829 bits per heavy atom. The highest BCUT2D eigenvalue weighted by Gasteiger charge is 2.82. The first kappa shape index (κ1) is 22.0. The highest BCUT2D eigenvalue weighted by atomic mass is 16.7. The summed E-state index contributed by atoms with van der Waals surface area (Å²) in [6.07, 6.45) is 6.46. The van der Waals surface area contributed by atoms with E-state index in [2.05, 4.69) is 38.1 Å². The van der Waals surface area contributed by atoms with E-state index < -0.39 is 17.2 Å². The van der Waals surface area contributed by atoms with Crippen LogP contribution < -0.4 is 0 Å². The van der Waals surface area contributed by atoms with Gasteiger partial charge < -0.3 is 28.8 Å². The molecule has 0 radical (unpaired) electrons. The second-order valence-electron chi connectivity index (χ2n) is 13.1. The van der Waals surface area contributed by atoms with Crippen molar-refractivity contribution in [3.05, 3.63) is 35.9 Å². The largest absolute Gasteiger partial charge is 0.385 e. The van der Waals surface area contributed by atoms with Gasteiger partial charge in [-0.25, -0.2) is 0 Å². The lowest BCUT2D eigenvalue weighted by Gasteiger charge is -2.65. The molecule has 0 aromatic heterocycles. The average Bonchev–Trinajstić information content (AvgIpc) is 3.19. The van der Waals surface area contributed by atoms with Crippen LogP contribution in [0.1, 0.15) is 64.4 Å². The van der Waals surface area contributed by atoms with Crippen LogP contribution in [0.25, 0.3) is 0 Å². The van der Waals surface area contributed by atoms with Crippen LogP contribution in [0, 0.1) is 28.6 Å². The van der Waals surface area contributed by atoms with Crippen molar-refractivity contribution in [2.24, 2.45) is 28.6 Å². The lowest BCUT2D eigenvalue weighted by molar-refractivity contribution is -0.296. The molecule has 1 aromatic carbocycles. The van der Waals surface area contributed by atoms with Crippen LogP contribution in [0.5, 0.6) is 0 Å². The van der Waals surface area contributed by atoms with Crippen LogP contribution in [-0.2, 0) is 29.3 Å². The Morgan fingerprint density at radius 3 is 2.29 bits per heavy atom. The number of rotatable bonds is 1. The summed E-state index contributed by atoms with van der Waals surface area (Å²) in [5.41, 5.74) is -0.624. The van der Waals surface area contributed by atoms with Gasteiger partial charge in [0.15, 0.2) is 11.6 Å². The van der Waals surface area contributed by atoms with Gasteiger partial charge in [0.1, 0.15) is 5.60 Å². The van der Waals surface area contributed by atoms with E-state index in [1.165, 1.54) is 0 Å². The van der Waals surface area contributed by atoms with Gasteiger partial charge in [0.25, 0.3) is 0 Å². The monoisotopic (exact) mass is 482 g/mol. The molecule has 190 valence electrons. The van der Waals surface area contributed by atoms with Crippen LogP contribution in [0.4, 0.5) is 0 Å². The molecule has 1 N–H and O–H groups in total. The Hall–Kier alpha value is -1.02. The molecule has 3 saturated heterocycles. The molecule has 7 aliphatic rings. The second-order valence-corrected chi connectivity index (χ2v) is 13.1. The normalized spacial score (nSPS) is 52.7. The van der Waals surface area contributed by atoms with Crippen molar-refractivity contribution < 1.29 is 28.8 Å². The highest BCUT2D eigenvalue weighted by Crippen LogP contribution is 2.78. The first-order valence-electron chi connectivity index (χ1n) is 13.8. The van der Waals surface area contributed by atoms with Gasteiger partial charge >= 0.3 is 0 Å². The third-order valence-electron chi connectivity index (χ3n) is 11.9. The molecule has 3 aliphatic heterocycles. The van der Waals surface area contributed by atoms with E-state index in [4.69, 9.17) is 23.7 Å². The summed E-state index contributed by atoms with van der Waals surface area (Å²) >= 11 is 0. The molecule has 4 saturated carbocycles. The average molecular weight is 483 g/mol. The van der Waals surface area contributed by atoms with Gasteiger partial charge in [-0.3, -0.25) is 0 Å². The minimum Gasteiger partial charge on any atom is -0.385 e. The number of fused-ring (bicyclic) bond motifs is 5. The molecule has 8 rings (SSSR count). The van der Waals surface area contributed by atoms with E-state index in [0.717, 1.165) is 44.1 Å². The Morgan fingerprint density at radius 2 is 1.54 bits per heavy atom. The van der Waals surface area contributed by atoms with Crippen molar-refractivity contribution >= 4 is 0 Å². The van der Waals surface area contributed by atoms with E-state index in [1.54, 1.807) is 0 Å². The summed E-state index contributed by atoms with van der Waals surface area (Å²) in [4.78, 5) is 0. The van der Waals surface area contributed by atoms with Gasteiger partial charge in [-0.05, 0) is 43.1 Å². The zero-order valence-electron chi connectivity index (χ0n) is 21.0. The van der Waals surface area contributed by atoms with E-state index in [9.17, 15) is 5.11 Å². The van der Waals surface area contributed by atoms with Gasteiger partial charge in [0.05, 0.1) is 38.1 Å². The summed E-state index contributed by atoms with van der Waals surface area (Å²) < 4.78 is 32.0. The zero-order valence-corrected chi connectivity index (χ0v) is 21.0. The molecule has 8 atom stereocenters. The Labute approximate surface area is 207 Å². The maximum Gasteiger partial charge on any atom is 0.174 e. The molecule has 3 spiro atoms. The molecule has 6 nitrogen and oxygen atoms in total. The van der Waals surface area contributed by atoms with Crippen molar-refractivity contribution in [2.45, 2.75) is 87.7 Å². The number of ether oxygens (including phenoxy) is 5. The maximum absolute atomic E-state index is 13.1. The molecule has 35 heavy (non-hydrogen) atoms. The van der Waals surface area contributed by atoms with Crippen LogP contribution >= 0.6 is 0 Å². The fourth-order valence-electron chi connectivity index (χ4n) is 10.6. The number of hydrogen-bond acceptors (Lipinski definition) is 6. The molecule has 4 aliphatic carbocycles. The van der Waals surface area contributed by atoms with E-state index in [0.29, 0.717) is 44.7 Å². The van der Waals surface area contributed by atoms with Crippen LogP contribution in [0.3, 0.4) is 0 Å². The fraction of sp³-hybridized carbons (Fsp3) is 0.793. The Balaban J connectivity index is 1.28. The van der Waals surface area contributed by atoms with Gasteiger partial charge in [-0.15, -0.1) is 0 Å². The number of epoxide rings is 1. The highest BCUT2D eigenvalue weighted by molar-refractivity contribution is 5.34. The summed E-state index contributed by atoms with van der Waals surface area (Å²) in [7, 11) is 0. The van der Waals surface area contributed by atoms with Crippen molar-refractivity contribution in [2.75, 3.05) is 26.4 Å². The van der Waals surface area contributed by atoms with E-state index in [-0.39, 0.29) is 28.5 Å². The standard InChI is InChI=1S/C29H38O6/c1-24-10-11-26(31-12-13-32-26)18-28(24)22(35-28)16-20-21-8-9-29(33-14-15-34-29)25(21,2)17-27(30,23(20)24)19-6-4-3-5-7-19/h3-7,20-23,30H,8-18H2,1-2H3. The lowest BCUT2D eigenvalue weighted by atomic mass is 9.40. The van der Waals surface area contributed by atoms with Crippen LogP contribution in [-0.4, -0.2) is 54.8 Å². The molecule has 7 fully saturated rings. The molecule has 0 amide bonds. The zero-order chi connectivity index (χ0) is 23.7. The topological polar surface area (TPSA) is 69.7 Å². The SMILES string of the molecule is CC12CC(O)(c3ccccc3)C3C(CC4OC45CC4(CCC35C)OCCO4)C1CCC21OCCO1. The van der Waals surface area contributed by atoms with Gasteiger partial charge in [-0.1, -0.05) is 44.2 Å². The molecule has 6 heteroatoms. The summed E-state index contributed by atoms with van der Waals surface area (Å²) in [6, 6.07) is 10.4.